The summed E-state index contributed by atoms with van der Waals surface area (Å²) in [4.78, 5) is 25.2. The van der Waals surface area contributed by atoms with Gasteiger partial charge in [-0.3, -0.25) is 9.59 Å². The highest BCUT2D eigenvalue weighted by Crippen LogP contribution is 2.19. The normalized spacial score (nSPS) is 11.8. The Morgan fingerprint density at radius 3 is 2.03 bits per heavy atom. The van der Waals surface area contributed by atoms with E-state index in [9.17, 15) is 14.0 Å². The fourth-order valence-electron chi connectivity index (χ4n) is 3.14. The number of carbonyl (C=O) groups excluding carboxylic acids is 2. The molecule has 7 nitrogen and oxygen atoms in total. The van der Waals surface area contributed by atoms with Crippen LogP contribution in [-0.2, 0) is 36.8 Å². The molecule has 0 aromatic heterocycles. The van der Waals surface area contributed by atoms with E-state index in [0.29, 0.717) is 58.2 Å². The number of hydrogen-bond donors (Lipinski definition) is 1. The van der Waals surface area contributed by atoms with Gasteiger partial charge >= 0.3 is 5.97 Å². The lowest BCUT2D eigenvalue weighted by atomic mass is 9.91. The highest BCUT2D eigenvalue weighted by atomic mass is 19.1. The third kappa shape index (κ3) is 9.79. The number of ether oxygens (including phenoxy) is 4. The van der Waals surface area contributed by atoms with Crippen molar-refractivity contribution in [1.29, 1.82) is 0 Å². The van der Waals surface area contributed by atoms with Crippen LogP contribution in [0.25, 0.3) is 0 Å². The molecule has 0 aliphatic rings. The molecular weight excluding hydrogens is 429 g/mol. The number of benzene rings is 2. The van der Waals surface area contributed by atoms with Crippen LogP contribution in [0.1, 0.15) is 27.9 Å². The van der Waals surface area contributed by atoms with Crippen LogP contribution in [0.4, 0.5) is 4.39 Å². The highest BCUT2D eigenvalue weighted by molar-refractivity contribution is 6.08. The lowest BCUT2D eigenvalue weighted by molar-refractivity contribution is -0.143. The predicted molar refractivity (Wildman–Crippen MR) is 121 cm³/mol. The molecule has 0 spiro atoms. The van der Waals surface area contributed by atoms with E-state index in [1.54, 1.807) is 36.4 Å². The largest absolute Gasteiger partial charge is 0.468 e. The Morgan fingerprint density at radius 1 is 0.848 bits per heavy atom. The quantitative estimate of drug-likeness (QED) is 0.178. The molecule has 1 atom stereocenters. The number of aryl methyl sites for hydroxylation is 1. The van der Waals surface area contributed by atoms with Crippen LogP contribution >= 0.6 is 0 Å². The van der Waals surface area contributed by atoms with E-state index in [0.717, 1.165) is 11.1 Å². The molecular formula is C25H32FNO6. The minimum absolute atomic E-state index is 0.277. The van der Waals surface area contributed by atoms with Crippen molar-refractivity contribution >= 4 is 11.8 Å². The fourth-order valence-corrected chi connectivity index (χ4v) is 3.14. The van der Waals surface area contributed by atoms with Gasteiger partial charge in [0.15, 0.2) is 5.78 Å². The summed E-state index contributed by atoms with van der Waals surface area (Å²) < 4.78 is 34.1. The van der Waals surface area contributed by atoms with E-state index in [1.807, 2.05) is 0 Å². The summed E-state index contributed by atoms with van der Waals surface area (Å²) in [6.45, 7) is 3.28. The zero-order chi connectivity index (χ0) is 23.9. The van der Waals surface area contributed by atoms with Crippen LogP contribution in [0.15, 0.2) is 48.5 Å². The molecule has 8 heteroatoms. The van der Waals surface area contributed by atoms with Gasteiger partial charge in [0.2, 0.25) is 0 Å². The summed E-state index contributed by atoms with van der Waals surface area (Å²) in [5.74, 6) is -2.14. The predicted octanol–water partition coefficient (Wildman–Crippen LogP) is 2.94. The standard InChI is InChI=1S/C25H32FNO6/c1-30-25(29)23(11-6-19-4-9-22(26)10-5-19)24(28)21-7-2-20(3-8-21)18-33-17-16-32-15-14-31-13-12-27/h2-5,7-10,23H,6,11-18,27H2,1H3. The number of nitrogens with two attached hydrogens (primary N) is 1. The van der Waals surface area contributed by atoms with Gasteiger partial charge < -0.3 is 24.7 Å². The van der Waals surface area contributed by atoms with Gasteiger partial charge in [-0.25, -0.2) is 4.39 Å². The monoisotopic (exact) mass is 461 g/mol. The van der Waals surface area contributed by atoms with Crippen molar-refractivity contribution in [3.8, 4) is 0 Å². The third-order valence-corrected chi connectivity index (χ3v) is 4.95. The smallest absolute Gasteiger partial charge is 0.316 e. The molecule has 0 aliphatic heterocycles. The molecule has 2 N–H and O–H groups in total. The van der Waals surface area contributed by atoms with Gasteiger partial charge in [0, 0.05) is 12.1 Å². The first kappa shape index (κ1) is 26.6. The highest BCUT2D eigenvalue weighted by Gasteiger charge is 2.28. The Balaban J connectivity index is 1.80. The first-order chi connectivity index (χ1) is 16.0. The van der Waals surface area contributed by atoms with Gasteiger partial charge in [-0.15, -0.1) is 0 Å². The minimum Gasteiger partial charge on any atom is -0.468 e. The Bertz CT molecular complexity index is 841. The number of esters is 1. The molecule has 0 saturated heterocycles. The van der Waals surface area contributed by atoms with E-state index >= 15 is 0 Å². The summed E-state index contributed by atoms with van der Waals surface area (Å²) >= 11 is 0. The second kappa shape index (κ2) is 15.2. The molecule has 33 heavy (non-hydrogen) atoms. The minimum atomic E-state index is -0.923. The number of ketones is 1. The van der Waals surface area contributed by atoms with Crippen molar-refractivity contribution in [3.05, 3.63) is 71.0 Å². The topological polar surface area (TPSA) is 97.1 Å². The summed E-state index contributed by atoms with van der Waals surface area (Å²) in [6, 6.07) is 12.9. The van der Waals surface area contributed by atoms with Crippen molar-refractivity contribution in [2.24, 2.45) is 11.7 Å². The Labute approximate surface area is 194 Å². The summed E-state index contributed by atoms with van der Waals surface area (Å²) in [5.41, 5.74) is 7.50. The molecule has 0 amide bonds. The van der Waals surface area contributed by atoms with Crippen molar-refractivity contribution in [2.75, 3.05) is 46.7 Å². The molecule has 2 aromatic rings. The van der Waals surface area contributed by atoms with Gasteiger partial charge in [-0.2, -0.15) is 0 Å². The molecule has 0 fully saturated rings. The maximum absolute atomic E-state index is 13.1. The average Bonchev–Trinajstić information content (AvgIpc) is 2.84. The number of rotatable bonds is 16. The van der Waals surface area contributed by atoms with Gasteiger partial charge in [0.05, 0.1) is 46.8 Å². The second-order valence-electron chi connectivity index (χ2n) is 7.37. The van der Waals surface area contributed by atoms with Crippen molar-refractivity contribution < 1.29 is 32.9 Å². The van der Waals surface area contributed by atoms with Crippen molar-refractivity contribution in [1.82, 2.24) is 0 Å². The van der Waals surface area contributed by atoms with Crippen LogP contribution < -0.4 is 5.73 Å². The van der Waals surface area contributed by atoms with Crippen LogP contribution in [0.2, 0.25) is 0 Å². The number of halogens is 1. The number of Topliss-reactive ketones (excluding diaryl/α,β-unsaturated/α-hetero) is 1. The molecule has 0 aliphatic carbocycles. The first-order valence-electron chi connectivity index (χ1n) is 10.9. The summed E-state index contributed by atoms with van der Waals surface area (Å²) in [6.07, 6.45) is 0.734. The maximum atomic E-state index is 13.1. The van der Waals surface area contributed by atoms with Crippen LogP contribution in [0.5, 0.6) is 0 Å². The zero-order valence-electron chi connectivity index (χ0n) is 19.0. The van der Waals surface area contributed by atoms with Crippen molar-refractivity contribution in [2.45, 2.75) is 19.4 Å². The second-order valence-corrected chi connectivity index (χ2v) is 7.37. The van der Waals surface area contributed by atoms with Crippen LogP contribution in [0, 0.1) is 11.7 Å². The Hall–Kier alpha value is -2.65. The van der Waals surface area contributed by atoms with E-state index in [4.69, 9.17) is 24.7 Å². The van der Waals surface area contributed by atoms with Crippen LogP contribution in [-0.4, -0.2) is 58.4 Å². The molecule has 0 bridgehead atoms. The fraction of sp³-hybridized carbons (Fsp3) is 0.440. The van der Waals surface area contributed by atoms with Crippen molar-refractivity contribution in [3.63, 3.8) is 0 Å². The molecule has 180 valence electrons. The lowest BCUT2D eigenvalue weighted by Gasteiger charge is -2.14. The number of methoxy groups -OCH3 is 1. The van der Waals surface area contributed by atoms with E-state index in [-0.39, 0.29) is 18.0 Å². The van der Waals surface area contributed by atoms with Gasteiger partial charge in [0.25, 0.3) is 0 Å². The maximum Gasteiger partial charge on any atom is 0.316 e. The summed E-state index contributed by atoms with van der Waals surface area (Å²) in [5, 5.41) is 0. The van der Waals surface area contributed by atoms with Gasteiger partial charge in [-0.1, -0.05) is 36.4 Å². The van der Waals surface area contributed by atoms with Gasteiger partial charge in [0.1, 0.15) is 11.7 Å². The SMILES string of the molecule is COC(=O)C(CCc1ccc(F)cc1)C(=O)c1ccc(COCCOCCOCCN)cc1. The molecule has 0 radical (unpaired) electrons. The third-order valence-electron chi connectivity index (χ3n) is 4.95. The zero-order valence-corrected chi connectivity index (χ0v) is 19.0. The van der Waals surface area contributed by atoms with E-state index in [2.05, 4.69) is 0 Å². The molecule has 1 unspecified atom stereocenters. The van der Waals surface area contributed by atoms with Crippen LogP contribution in [0.3, 0.4) is 0 Å². The molecule has 0 saturated carbocycles. The van der Waals surface area contributed by atoms with E-state index < -0.39 is 11.9 Å². The molecule has 2 aromatic carbocycles. The number of carbonyl (C=O) groups is 2. The Morgan fingerprint density at radius 2 is 1.42 bits per heavy atom. The van der Waals surface area contributed by atoms with Gasteiger partial charge in [-0.05, 0) is 36.1 Å². The summed E-state index contributed by atoms with van der Waals surface area (Å²) in [7, 11) is 1.26. The first-order valence-corrected chi connectivity index (χ1v) is 10.9. The lowest BCUT2D eigenvalue weighted by Crippen LogP contribution is -2.26. The van der Waals surface area contributed by atoms with E-state index in [1.165, 1.54) is 19.2 Å². The average molecular weight is 462 g/mol. The molecule has 2 rings (SSSR count). The number of hydrogen-bond acceptors (Lipinski definition) is 7. The Kier molecular flexibility index (Phi) is 12.3. The molecule has 0 heterocycles.